The van der Waals surface area contributed by atoms with Crippen LogP contribution >= 0.6 is 0 Å². The Hall–Kier alpha value is -1.60. The molecule has 0 saturated heterocycles. The smallest absolute Gasteiger partial charge is 0.147 e. The molecule has 96 valence electrons. The SMILES string of the molecule is N#Cc1ccc(NC2CCCCC2CN)c(F)c1. The fraction of sp³-hybridized carbons (Fsp3) is 0.500. The van der Waals surface area contributed by atoms with Crippen molar-refractivity contribution in [2.75, 3.05) is 11.9 Å². The lowest BCUT2D eigenvalue weighted by Crippen LogP contribution is -2.36. The van der Waals surface area contributed by atoms with Crippen LogP contribution in [0.2, 0.25) is 0 Å². The van der Waals surface area contributed by atoms with E-state index in [4.69, 9.17) is 11.0 Å². The second-order valence-electron chi connectivity index (χ2n) is 4.84. The third-order valence-corrected chi connectivity index (χ3v) is 3.65. The van der Waals surface area contributed by atoms with E-state index in [1.165, 1.54) is 12.5 Å². The van der Waals surface area contributed by atoms with Gasteiger partial charge in [-0.3, -0.25) is 0 Å². The van der Waals surface area contributed by atoms with Crippen molar-refractivity contribution < 1.29 is 4.39 Å². The number of halogens is 1. The highest BCUT2D eigenvalue weighted by Crippen LogP contribution is 2.27. The number of nitrogens with one attached hydrogen (secondary N) is 1. The Morgan fingerprint density at radius 1 is 1.39 bits per heavy atom. The van der Waals surface area contributed by atoms with E-state index in [1.54, 1.807) is 12.1 Å². The summed E-state index contributed by atoms with van der Waals surface area (Å²) in [6.07, 6.45) is 4.50. The van der Waals surface area contributed by atoms with Gasteiger partial charge in [-0.25, -0.2) is 4.39 Å². The highest BCUT2D eigenvalue weighted by atomic mass is 19.1. The number of nitrogens with two attached hydrogens (primary N) is 1. The minimum Gasteiger partial charge on any atom is -0.380 e. The van der Waals surface area contributed by atoms with E-state index in [9.17, 15) is 4.39 Å². The molecular weight excluding hydrogens is 229 g/mol. The number of hydrogen-bond acceptors (Lipinski definition) is 3. The number of benzene rings is 1. The molecule has 1 aromatic carbocycles. The maximum atomic E-state index is 13.8. The Kier molecular flexibility index (Phi) is 4.16. The first-order valence-corrected chi connectivity index (χ1v) is 6.41. The van der Waals surface area contributed by atoms with E-state index in [0.717, 1.165) is 19.3 Å². The molecule has 0 aromatic heterocycles. The molecule has 0 heterocycles. The number of rotatable bonds is 3. The number of anilines is 1. The topological polar surface area (TPSA) is 61.8 Å². The Balaban J connectivity index is 2.10. The van der Waals surface area contributed by atoms with Crippen LogP contribution in [0.25, 0.3) is 0 Å². The van der Waals surface area contributed by atoms with Crippen molar-refractivity contribution in [2.24, 2.45) is 11.7 Å². The van der Waals surface area contributed by atoms with Gasteiger partial charge < -0.3 is 11.1 Å². The zero-order valence-electron chi connectivity index (χ0n) is 10.3. The van der Waals surface area contributed by atoms with Crippen molar-refractivity contribution in [1.82, 2.24) is 0 Å². The summed E-state index contributed by atoms with van der Waals surface area (Å²) in [6, 6.07) is 6.70. The predicted octanol–water partition coefficient (Wildman–Crippen LogP) is 2.63. The number of nitrogens with zero attached hydrogens (tertiary/aromatic N) is 1. The molecule has 2 unspecified atom stereocenters. The summed E-state index contributed by atoms with van der Waals surface area (Å²) in [6.45, 7) is 0.634. The first kappa shape index (κ1) is 12.8. The lowest BCUT2D eigenvalue weighted by molar-refractivity contribution is 0.332. The summed E-state index contributed by atoms with van der Waals surface area (Å²) in [5, 5.41) is 11.9. The van der Waals surface area contributed by atoms with Crippen LogP contribution in [0.1, 0.15) is 31.2 Å². The summed E-state index contributed by atoms with van der Waals surface area (Å²) >= 11 is 0. The van der Waals surface area contributed by atoms with Gasteiger partial charge in [-0.1, -0.05) is 12.8 Å². The van der Waals surface area contributed by atoms with Gasteiger partial charge in [0, 0.05) is 6.04 Å². The highest BCUT2D eigenvalue weighted by molar-refractivity contribution is 5.49. The first-order valence-electron chi connectivity index (χ1n) is 6.41. The van der Waals surface area contributed by atoms with E-state index >= 15 is 0 Å². The van der Waals surface area contributed by atoms with Gasteiger partial charge >= 0.3 is 0 Å². The maximum absolute atomic E-state index is 13.8. The third-order valence-electron chi connectivity index (χ3n) is 3.65. The van der Waals surface area contributed by atoms with Crippen molar-refractivity contribution in [3.05, 3.63) is 29.6 Å². The van der Waals surface area contributed by atoms with E-state index in [2.05, 4.69) is 5.32 Å². The minimum absolute atomic E-state index is 0.242. The zero-order chi connectivity index (χ0) is 13.0. The van der Waals surface area contributed by atoms with Gasteiger partial charge in [0.2, 0.25) is 0 Å². The molecular formula is C14H18FN3. The van der Waals surface area contributed by atoms with Gasteiger partial charge in [-0.15, -0.1) is 0 Å². The quantitative estimate of drug-likeness (QED) is 0.863. The Labute approximate surface area is 107 Å². The van der Waals surface area contributed by atoms with Crippen LogP contribution < -0.4 is 11.1 Å². The van der Waals surface area contributed by atoms with Gasteiger partial charge in [0.05, 0.1) is 17.3 Å². The Bertz CT molecular complexity index is 453. The second-order valence-corrected chi connectivity index (χ2v) is 4.84. The molecule has 0 bridgehead atoms. The molecule has 1 aliphatic carbocycles. The second kappa shape index (κ2) is 5.83. The van der Waals surface area contributed by atoms with Crippen LogP contribution in [0.4, 0.5) is 10.1 Å². The van der Waals surface area contributed by atoms with Crippen LogP contribution in [-0.4, -0.2) is 12.6 Å². The molecule has 3 N–H and O–H groups in total. The monoisotopic (exact) mass is 247 g/mol. The number of nitriles is 1. The van der Waals surface area contributed by atoms with Crippen molar-refractivity contribution in [1.29, 1.82) is 5.26 Å². The Morgan fingerprint density at radius 2 is 2.17 bits per heavy atom. The maximum Gasteiger partial charge on any atom is 0.147 e. The molecule has 1 aromatic rings. The van der Waals surface area contributed by atoms with E-state index < -0.39 is 0 Å². The van der Waals surface area contributed by atoms with Crippen LogP contribution in [0.3, 0.4) is 0 Å². The van der Waals surface area contributed by atoms with Gasteiger partial charge in [-0.05, 0) is 43.5 Å². The summed E-state index contributed by atoms with van der Waals surface area (Å²) in [5.74, 6) is 0.0455. The van der Waals surface area contributed by atoms with Crippen molar-refractivity contribution >= 4 is 5.69 Å². The predicted molar refractivity (Wildman–Crippen MR) is 69.5 cm³/mol. The molecule has 1 saturated carbocycles. The van der Waals surface area contributed by atoms with E-state index in [-0.39, 0.29) is 11.9 Å². The standard InChI is InChI=1S/C14H18FN3/c15-12-7-10(8-16)5-6-14(12)18-13-4-2-1-3-11(13)9-17/h5-7,11,13,18H,1-4,9,17H2. The molecule has 2 atom stereocenters. The molecule has 0 radical (unpaired) electrons. The van der Waals surface area contributed by atoms with E-state index in [0.29, 0.717) is 23.7 Å². The Morgan fingerprint density at radius 3 is 2.83 bits per heavy atom. The molecule has 1 aliphatic rings. The summed E-state index contributed by atoms with van der Waals surface area (Å²) < 4.78 is 13.8. The van der Waals surface area contributed by atoms with Crippen molar-refractivity contribution in [2.45, 2.75) is 31.7 Å². The normalized spacial score (nSPS) is 23.4. The molecule has 0 spiro atoms. The molecule has 4 heteroatoms. The molecule has 0 aliphatic heterocycles. The average Bonchev–Trinajstić information content (AvgIpc) is 2.41. The van der Waals surface area contributed by atoms with Gasteiger partial charge in [0.15, 0.2) is 0 Å². The highest BCUT2D eigenvalue weighted by Gasteiger charge is 2.24. The summed E-state index contributed by atoms with van der Waals surface area (Å²) in [5.41, 5.74) is 6.57. The van der Waals surface area contributed by atoms with Gasteiger partial charge in [0.1, 0.15) is 5.82 Å². The fourth-order valence-electron chi connectivity index (χ4n) is 2.58. The number of hydrogen-bond donors (Lipinski definition) is 2. The van der Waals surface area contributed by atoms with Gasteiger partial charge in [0.25, 0.3) is 0 Å². The van der Waals surface area contributed by atoms with Crippen LogP contribution in [0, 0.1) is 23.1 Å². The third kappa shape index (κ3) is 2.80. The molecule has 18 heavy (non-hydrogen) atoms. The van der Waals surface area contributed by atoms with Gasteiger partial charge in [-0.2, -0.15) is 5.26 Å². The molecule has 1 fully saturated rings. The average molecular weight is 247 g/mol. The molecule has 3 nitrogen and oxygen atoms in total. The lowest BCUT2D eigenvalue weighted by Gasteiger charge is -2.32. The van der Waals surface area contributed by atoms with Crippen molar-refractivity contribution in [3.8, 4) is 6.07 Å². The van der Waals surface area contributed by atoms with Crippen molar-refractivity contribution in [3.63, 3.8) is 0 Å². The largest absolute Gasteiger partial charge is 0.380 e. The van der Waals surface area contributed by atoms with Crippen LogP contribution in [0.5, 0.6) is 0 Å². The first-order chi connectivity index (χ1) is 8.74. The van der Waals surface area contributed by atoms with Crippen LogP contribution in [-0.2, 0) is 0 Å². The molecule has 2 rings (SSSR count). The summed E-state index contributed by atoms with van der Waals surface area (Å²) in [7, 11) is 0. The molecule has 0 amide bonds. The minimum atomic E-state index is -0.365. The zero-order valence-corrected chi connectivity index (χ0v) is 10.3. The fourth-order valence-corrected chi connectivity index (χ4v) is 2.58. The van der Waals surface area contributed by atoms with E-state index in [1.807, 2.05) is 6.07 Å². The lowest BCUT2D eigenvalue weighted by atomic mass is 9.84. The summed E-state index contributed by atoms with van der Waals surface area (Å²) in [4.78, 5) is 0. The van der Waals surface area contributed by atoms with Crippen LogP contribution in [0.15, 0.2) is 18.2 Å².